The van der Waals surface area contributed by atoms with E-state index < -0.39 is 10.0 Å². The van der Waals surface area contributed by atoms with Gasteiger partial charge in [0.1, 0.15) is 5.82 Å². The highest BCUT2D eigenvalue weighted by Crippen LogP contribution is 2.06. The molecule has 0 saturated heterocycles. The van der Waals surface area contributed by atoms with Gasteiger partial charge in [0.05, 0.1) is 13.2 Å². The van der Waals surface area contributed by atoms with Gasteiger partial charge < -0.3 is 15.0 Å². The smallest absolute Gasteiger partial charge is 0.259 e. The third-order valence-corrected chi connectivity index (χ3v) is 3.49. The van der Waals surface area contributed by atoms with E-state index in [9.17, 15) is 8.42 Å². The van der Waals surface area contributed by atoms with Gasteiger partial charge in [0.2, 0.25) is 0 Å². The molecule has 0 saturated carbocycles. The molecule has 0 fully saturated rings. The van der Waals surface area contributed by atoms with Gasteiger partial charge in [-0.25, -0.2) is 18.1 Å². The van der Waals surface area contributed by atoms with E-state index in [1.54, 1.807) is 18.5 Å². The van der Waals surface area contributed by atoms with Crippen LogP contribution in [-0.4, -0.2) is 44.3 Å². The highest BCUT2D eigenvalue weighted by molar-refractivity contribution is 7.89. The van der Waals surface area contributed by atoms with Crippen molar-refractivity contribution in [2.45, 2.75) is 11.9 Å². The van der Waals surface area contributed by atoms with Crippen molar-refractivity contribution in [1.29, 1.82) is 0 Å². The molecule has 0 bridgehead atoms. The highest BCUT2D eigenvalue weighted by Gasteiger charge is 2.17. The maximum absolute atomic E-state index is 11.8. The number of sulfonamides is 1. The number of nitrogens with one attached hydrogen (secondary N) is 1. The van der Waals surface area contributed by atoms with Gasteiger partial charge in [0, 0.05) is 26.3 Å². The van der Waals surface area contributed by atoms with E-state index in [-0.39, 0.29) is 11.6 Å². The van der Waals surface area contributed by atoms with Crippen molar-refractivity contribution < 1.29 is 13.2 Å². The normalized spacial score (nSPS) is 11.9. The lowest BCUT2D eigenvalue weighted by molar-refractivity contribution is 0.147. The van der Waals surface area contributed by atoms with Gasteiger partial charge in [-0.05, 0) is 6.92 Å². The van der Waals surface area contributed by atoms with Crippen molar-refractivity contribution in [1.82, 2.24) is 14.3 Å². The summed E-state index contributed by atoms with van der Waals surface area (Å²) in [6.07, 6.45) is 1.47. The molecule has 0 aliphatic heterocycles. The number of nitrogens with two attached hydrogens (primary N) is 1. The minimum Gasteiger partial charge on any atom is -0.379 e. The fourth-order valence-corrected chi connectivity index (χ4v) is 2.21. The minimum absolute atomic E-state index is 0.0244. The topological polar surface area (TPSA) is 99.2 Å². The molecule has 1 aromatic rings. The van der Waals surface area contributed by atoms with Crippen molar-refractivity contribution in [3.63, 3.8) is 0 Å². The van der Waals surface area contributed by atoms with E-state index in [0.29, 0.717) is 25.6 Å². The first-order valence-corrected chi connectivity index (χ1v) is 6.73. The van der Waals surface area contributed by atoms with Crippen LogP contribution in [0.1, 0.15) is 5.82 Å². The van der Waals surface area contributed by atoms with Crippen LogP contribution in [0.2, 0.25) is 0 Å². The zero-order valence-corrected chi connectivity index (χ0v) is 10.8. The largest absolute Gasteiger partial charge is 0.379 e. The molecule has 8 heteroatoms. The number of imidazole rings is 1. The fourth-order valence-electron chi connectivity index (χ4n) is 1.16. The third kappa shape index (κ3) is 4.08. The summed E-state index contributed by atoms with van der Waals surface area (Å²) in [4.78, 5) is 3.95. The quantitative estimate of drug-likeness (QED) is 0.613. The summed E-state index contributed by atoms with van der Waals surface area (Å²) in [5.41, 5.74) is 5.23. The van der Waals surface area contributed by atoms with Gasteiger partial charge in [-0.15, -0.1) is 0 Å². The Labute approximate surface area is 101 Å². The molecular formula is C9H18N4O3S. The second kappa shape index (κ2) is 6.10. The van der Waals surface area contributed by atoms with Crippen LogP contribution in [0.15, 0.2) is 11.2 Å². The Morgan fingerprint density at radius 3 is 2.76 bits per heavy atom. The zero-order valence-electron chi connectivity index (χ0n) is 10.0. The number of nitrogens with zero attached hydrogens (tertiary/aromatic N) is 2. The average Bonchev–Trinajstić information content (AvgIpc) is 2.60. The first-order chi connectivity index (χ1) is 7.97. The van der Waals surface area contributed by atoms with Gasteiger partial charge >= 0.3 is 0 Å². The summed E-state index contributed by atoms with van der Waals surface area (Å²) in [7, 11) is -1.80. The summed E-state index contributed by atoms with van der Waals surface area (Å²) in [5.74, 6) is 0.643. The Hall–Kier alpha value is -0.960. The van der Waals surface area contributed by atoms with Crippen LogP contribution in [0.5, 0.6) is 0 Å². The Morgan fingerprint density at radius 2 is 2.24 bits per heavy atom. The number of aromatic nitrogens is 2. The van der Waals surface area contributed by atoms with Crippen LogP contribution in [0, 0.1) is 6.92 Å². The van der Waals surface area contributed by atoms with Gasteiger partial charge in [-0.2, -0.15) is 0 Å². The Morgan fingerprint density at radius 1 is 1.53 bits per heavy atom. The van der Waals surface area contributed by atoms with Crippen molar-refractivity contribution in [2.24, 2.45) is 12.8 Å². The van der Waals surface area contributed by atoms with Crippen molar-refractivity contribution in [3.8, 4) is 0 Å². The maximum Gasteiger partial charge on any atom is 0.259 e. The molecule has 0 radical (unpaired) electrons. The lowest BCUT2D eigenvalue weighted by Gasteiger charge is -2.04. The monoisotopic (exact) mass is 262 g/mol. The second-order valence-electron chi connectivity index (χ2n) is 3.54. The van der Waals surface area contributed by atoms with Crippen molar-refractivity contribution >= 4 is 10.0 Å². The minimum atomic E-state index is -3.54. The van der Waals surface area contributed by atoms with E-state index in [4.69, 9.17) is 10.5 Å². The molecule has 7 nitrogen and oxygen atoms in total. The molecule has 0 unspecified atom stereocenters. The Kier molecular flexibility index (Phi) is 5.06. The van der Waals surface area contributed by atoms with E-state index in [1.807, 2.05) is 0 Å². The van der Waals surface area contributed by atoms with E-state index in [1.165, 1.54) is 6.20 Å². The molecule has 0 aliphatic carbocycles. The standard InChI is InChI=1S/C9H18N4O3S/c1-8-12-9(7-13(8)2)17(14,15)11-4-6-16-5-3-10/h7,11H,3-6,10H2,1-2H3. The van der Waals surface area contributed by atoms with Gasteiger partial charge in [0.15, 0.2) is 5.03 Å². The van der Waals surface area contributed by atoms with E-state index >= 15 is 0 Å². The zero-order chi connectivity index (χ0) is 12.9. The Bertz CT molecular complexity index is 435. The molecule has 0 spiro atoms. The fraction of sp³-hybridized carbons (Fsp3) is 0.667. The summed E-state index contributed by atoms with van der Waals surface area (Å²) < 4.78 is 32.6. The summed E-state index contributed by atoms with van der Waals surface area (Å²) in [6, 6.07) is 0. The lowest BCUT2D eigenvalue weighted by Crippen LogP contribution is -2.28. The van der Waals surface area contributed by atoms with Crippen LogP contribution in [-0.2, 0) is 21.8 Å². The molecule has 98 valence electrons. The van der Waals surface area contributed by atoms with E-state index in [0.717, 1.165) is 0 Å². The van der Waals surface area contributed by atoms with Crippen LogP contribution >= 0.6 is 0 Å². The van der Waals surface area contributed by atoms with Crippen molar-refractivity contribution in [3.05, 3.63) is 12.0 Å². The average molecular weight is 262 g/mol. The second-order valence-corrected chi connectivity index (χ2v) is 5.25. The summed E-state index contributed by atoms with van der Waals surface area (Å²) in [5, 5.41) is 0.0244. The number of hydrogen-bond donors (Lipinski definition) is 2. The van der Waals surface area contributed by atoms with Gasteiger partial charge in [-0.1, -0.05) is 0 Å². The maximum atomic E-state index is 11.8. The first-order valence-electron chi connectivity index (χ1n) is 5.25. The summed E-state index contributed by atoms with van der Waals surface area (Å²) in [6.45, 7) is 3.08. The van der Waals surface area contributed by atoms with Crippen LogP contribution in [0.4, 0.5) is 0 Å². The van der Waals surface area contributed by atoms with Gasteiger partial charge in [0.25, 0.3) is 10.0 Å². The molecule has 1 aromatic heterocycles. The SMILES string of the molecule is Cc1nc(S(=O)(=O)NCCOCCN)cn1C. The number of hydrogen-bond acceptors (Lipinski definition) is 5. The first kappa shape index (κ1) is 14.1. The summed E-state index contributed by atoms with van der Waals surface area (Å²) >= 11 is 0. The molecule has 0 aromatic carbocycles. The molecule has 1 heterocycles. The van der Waals surface area contributed by atoms with Crippen LogP contribution < -0.4 is 10.5 Å². The van der Waals surface area contributed by atoms with Crippen LogP contribution in [0.3, 0.4) is 0 Å². The van der Waals surface area contributed by atoms with E-state index in [2.05, 4.69) is 9.71 Å². The third-order valence-electron chi connectivity index (χ3n) is 2.16. The highest BCUT2D eigenvalue weighted by atomic mass is 32.2. The van der Waals surface area contributed by atoms with Crippen LogP contribution in [0.25, 0.3) is 0 Å². The lowest BCUT2D eigenvalue weighted by atomic mass is 10.7. The van der Waals surface area contributed by atoms with Gasteiger partial charge in [-0.3, -0.25) is 0 Å². The predicted octanol–water partition coefficient (Wildman–Crippen LogP) is -1.02. The molecule has 3 N–H and O–H groups in total. The predicted molar refractivity (Wildman–Crippen MR) is 63.0 cm³/mol. The molecule has 0 aliphatic rings. The molecule has 1 rings (SSSR count). The molecule has 17 heavy (non-hydrogen) atoms. The molecule has 0 amide bonds. The number of aryl methyl sites for hydroxylation is 2. The molecule has 0 atom stereocenters. The molecular weight excluding hydrogens is 244 g/mol. The number of ether oxygens (including phenoxy) is 1. The number of rotatable bonds is 7. The van der Waals surface area contributed by atoms with Crippen molar-refractivity contribution in [2.75, 3.05) is 26.3 Å². The Balaban J connectivity index is 2.51.